The molecule has 0 fully saturated rings. The largest absolute Gasteiger partial charge is 0.510 e. The van der Waals surface area contributed by atoms with Gasteiger partial charge >= 0.3 is 0 Å². The minimum absolute atomic E-state index is 0.0837. The van der Waals surface area contributed by atoms with Crippen molar-refractivity contribution in [2.75, 3.05) is 0 Å². The van der Waals surface area contributed by atoms with E-state index >= 15 is 0 Å². The van der Waals surface area contributed by atoms with Crippen LogP contribution in [0.3, 0.4) is 0 Å². The highest BCUT2D eigenvalue weighted by molar-refractivity contribution is 8.15. The van der Waals surface area contributed by atoms with Crippen LogP contribution >= 0.6 is 11.8 Å². The highest BCUT2D eigenvalue weighted by atomic mass is 32.2. The van der Waals surface area contributed by atoms with Gasteiger partial charge in [0.05, 0.1) is 4.75 Å². The molecule has 1 atom stereocenters. The van der Waals surface area contributed by atoms with Crippen LogP contribution in [-0.4, -0.2) is 15.0 Å². The summed E-state index contributed by atoms with van der Waals surface area (Å²) in [5, 5.41) is 9.52. The monoisotopic (exact) mass is 238 g/mol. The Kier molecular flexibility index (Phi) is 4.87. The lowest BCUT2D eigenvalue weighted by Gasteiger charge is -2.16. The number of thioether (sulfide) groups is 1. The van der Waals surface area contributed by atoms with E-state index in [2.05, 4.69) is 13.0 Å². The molecule has 0 aromatic carbocycles. The molecule has 2 nitrogen and oxygen atoms in total. The van der Waals surface area contributed by atoms with E-state index in [9.17, 15) is 9.90 Å². The maximum absolute atomic E-state index is 11.1. The number of carbonyl (C=O) groups excluding carboxylic acids is 1. The van der Waals surface area contributed by atoms with Gasteiger partial charge in [-0.25, -0.2) is 0 Å². The van der Waals surface area contributed by atoms with Crippen LogP contribution in [-0.2, 0) is 4.79 Å². The summed E-state index contributed by atoms with van der Waals surface area (Å²) < 4.78 is -0.577. The van der Waals surface area contributed by atoms with Gasteiger partial charge < -0.3 is 5.11 Å². The molecule has 0 spiro atoms. The first-order valence-corrected chi connectivity index (χ1v) is 6.38. The van der Waals surface area contributed by atoms with Crippen LogP contribution in [0.5, 0.6) is 0 Å². The number of carbonyl (C=O) groups is 1. The van der Waals surface area contributed by atoms with E-state index in [4.69, 9.17) is 0 Å². The van der Waals surface area contributed by atoms with E-state index in [1.54, 1.807) is 0 Å². The fraction of sp³-hybridized carbons (Fsp3) is 0.462. The summed E-state index contributed by atoms with van der Waals surface area (Å²) in [4.78, 5) is 11.1. The van der Waals surface area contributed by atoms with Crippen LogP contribution < -0.4 is 0 Å². The molecule has 1 N–H and O–H groups in total. The van der Waals surface area contributed by atoms with Crippen molar-refractivity contribution in [3.05, 3.63) is 36.1 Å². The molecule has 0 aromatic rings. The first kappa shape index (κ1) is 13.1. The van der Waals surface area contributed by atoms with Crippen molar-refractivity contribution >= 4 is 16.9 Å². The van der Waals surface area contributed by atoms with Crippen molar-refractivity contribution in [1.82, 2.24) is 0 Å². The molecule has 0 radical (unpaired) electrons. The Balaban J connectivity index is 2.48. The second-order valence-corrected chi connectivity index (χ2v) is 5.44. The molecular weight excluding hydrogens is 220 g/mol. The number of hydrogen-bond acceptors (Lipinski definition) is 3. The summed E-state index contributed by atoms with van der Waals surface area (Å²) in [5.74, 6) is 0.140. The van der Waals surface area contributed by atoms with Crippen LogP contribution in [0.25, 0.3) is 0 Å². The lowest BCUT2D eigenvalue weighted by atomic mass is 10.1. The molecule has 0 unspecified atom stereocenters. The third kappa shape index (κ3) is 3.56. The zero-order chi connectivity index (χ0) is 12.0. The third-order valence-corrected chi connectivity index (χ3v) is 3.55. The van der Waals surface area contributed by atoms with Crippen LogP contribution in [0.1, 0.15) is 33.1 Å². The number of hydrogen-bond donors (Lipinski definition) is 1. The summed E-state index contributed by atoms with van der Waals surface area (Å²) in [6.07, 6.45) is 12.6. The van der Waals surface area contributed by atoms with E-state index in [-0.39, 0.29) is 10.9 Å². The minimum atomic E-state index is -0.577. The summed E-state index contributed by atoms with van der Waals surface area (Å²) >= 11 is 1.14. The Morgan fingerprint density at radius 2 is 2.25 bits per heavy atom. The minimum Gasteiger partial charge on any atom is -0.510 e. The van der Waals surface area contributed by atoms with Gasteiger partial charge in [-0.2, -0.15) is 0 Å². The predicted molar refractivity (Wildman–Crippen MR) is 69.5 cm³/mol. The number of unbranched alkanes of at least 4 members (excludes halogenated alkanes) is 2. The lowest BCUT2D eigenvalue weighted by Crippen LogP contribution is -2.16. The molecule has 1 heterocycles. The molecule has 1 rings (SSSR count). The summed E-state index contributed by atoms with van der Waals surface area (Å²) in [6, 6.07) is 0. The summed E-state index contributed by atoms with van der Waals surface area (Å²) in [7, 11) is 0. The normalized spacial score (nSPS) is 25.9. The van der Waals surface area contributed by atoms with Gasteiger partial charge in [0.2, 0.25) is 5.12 Å². The zero-order valence-electron chi connectivity index (χ0n) is 9.77. The smallest absolute Gasteiger partial charge is 0.216 e. The van der Waals surface area contributed by atoms with E-state index in [0.29, 0.717) is 0 Å². The van der Waals surface area contributed by atoms with Crippen molar-refractivity contribution in [2.45, 2.75) is 37.9 Å². The number of aliphatic hydroxyl groups is 1. The van der Waals surface area contributed by atoms with Gasteiger partial charge in [0, 0.05) is 6.08 Å². The van der Waals surface area contributed by atoms with Crippen LogP contribution in [0, 0.1) is 0 Å². The standard InChI is InChI=1S/C13H18O2S/c1-3-4-5-6-7-8-9-13(2)11(14)10-12(15)16-13/h6-10,14H,3-5H2,1-2H3/b7-6+,9-8+/t13-/m1/s1. The Bertz CT molecular complexity index is 342. The average molecular weight is 238 g/mol. The molecule has 0 bridgehead atoms. The summed E-state index contributed by atoms with van der Waals surface area (Å²) in [5.41, 5.74) is 0. The van der Waals surface area contributed by atoms with Gasteiger partial charge in [0.25, 0.3) is 0 Å². The number of rotatable bonds is 5. The predicted octanol–water partition coefficient (Wildman–Crippen LogP) is 3.76. The Hall–Kier alpha value is -0.960. The fourth-order valence-electron chi connectivity index (χ4n) is 1.40. The Morgan fingerprint density at radius 3 is 2.81 bits per heavy atom. The molecule has 0 aromatic heterocycles. The molecule has 1 aliphatic heterocycles. The molecule has 16 heavy (non-hydrogen) atoms. The van der Waals surface area contributed by atoms with Gasteiger partial charge in [-0.15, -0.1) is 0 Å². The molecular formula is C13H18O2S. The van der Waals surface area contributed by atoms with Crippen LogP contribution in [0.4, 0.5) is 0 Å². The Labute approximate surface area is 101 Å². The maximum Gasteiger partial charge on any atom is 0.216 e. The molecule has 0 saturated heterocycles. The maximum atomic E-state index is 11.1. The third-order valence-electron chi connectivity index (χ3n) is 2.46. The van der Waals surface area contributed by atoms with E-state index in [1.807, 2.05) is 25.2 Å². The highest BCUT2D eigenvalue weighted by Crippen LogP contribution is 2.39. The molecule has 0 amide bonds. The molecule has 1 aliphatic rings. The quantitative estimate of drug-likeness (QED) is 0.585. The van der Waals surface area contributed by atoms with E-state index in [0.717, 1.165) is 18.2 Å². The number of aliphatic hydroxyl groups excluding tert-OH is 1. The van der Waals surface area contributed by atoms with Crippen LogP contribution in [0.15, 0.2) is 36.1 Å². The molecule has 88 valence electrons. The van der Waals surface area contributed by atoms with Crippen molar-refractivity contribution < 1.29 is 9.90 Å². The second-order valence-electron chi connectivity index (χ2n) is 3.99. The van der Waals surface area contributed by atoms with Gasteiger partial charge in [0.15, 0.2) is 0 Å². The summed E-state index contributed by atoms with van der Waals surface area (Å²) in [6.45, 7) is 4.00. The van der Waals surface area contributed by atoms with Crippen LogP contribution in [0.2, 0.25) is 0 Å². The molecule has 3 heteroatoms. The molecule has 0 saturated carbocycles. The molecule has 0 aliphatic carbocycles. The van der Waals surface area contributed by atoms with Gasteiger partial charge in [-0.1, -0.05) is 55.8 Å². The highest BCUT2D eigenvalue weighted by Gasteiger charge is 2.35. The van der Waals surface area contributed by atoms with E-state index in [1.165, 1.54) is 18.9 Å². The van der Waals surface area contributed by atoms with Crippen molar-refractivity contribution in [1.29, 1.82) is 0 Å². The average Bonchev–Trinajstić information content (AvgIpc) is 2.47. The first-order valence-electron chi connectivity index (χ1n) is 5.57. The number of allylic oxidation sites excluding steroid dienone is 3. The van der Waals surface area contributed by atoms with Gasteiger partial charge in [-0.05, 0) is 13.3 Å². The van der Waals surface area contributed by atoms with E-state index < -0.39 is 4.75 Å². The van der Waals surface area contributed by atoms with Crippen molar-refractivity contribution in [2.24, 2.45) is 0 Å². The van der Waals surface area contributed by atoms with Gasteiger partial charge in [0.1, 0.15) is 5.76 Å². The SMILES string of the molecule is CCCC/C=C/C=C/[C@@]1(C)SC(=O)C=C1O. The lowest BCUT2D eigenvalue weighted by molar-refractivity contribution is -0.106. The topological polar surface area (TPSA) is 37.3 Å². The Morgan fingerprint density at radius 1 is 1.50 bits per heavy atom. The first-order chi connectivity index (χ1) is 7.58. The zero-order valence-corrected chi connectivity index (χ0v) is 10.6. The van der Waals surface area contributed by atoms with Gasteiger partial charge in [-0.3, -0.25) is 4.79 Å². The van der Waals surface area contributed by atoms with Crippen molar-refractivity contribution in [3.8, 4) is 0 Å². The second kappa shape index (κ2) is 5.94. The fourth-order valence-corrected chi connectivity index (χ4v) is 2.30. The van der Waals surface area contributed by atoms with Crippen molar-refractivity contribution in [3.63, 3.8) is 0 Å².